The molecule has 0 heterocycles. The van der Waals surface area contributed by atoms with E-state index in [0.717, 1.165) is 0 Å². The predicted octanol–water partition coefficient (Wildman–Crippen LogP) is 1.44. The smallest absolute Gasteiger partial charge is 0.109 e. The number of nitrogens with zero attached hydrogens (tertiary/aromatic N) is 2. The maximum Gasteiger partial charge on any atom is 0.109 e. The van der Waals surface area contributed by atoms with Crippen molar-refractivity contribution in [3.63, 3.8) is 0 Å². The molecule has 0 atom stereocenters. The van der Waals surface area contributed by atoms with Gasteiger partial charge in [0.2, 0.25) is 0 Å². The molecule has 0 unspecified atom stereocenters. The van der Waals surface area contributed by atoms with Gasteiger partial charge in [-0.15, -0.1) is 11.8 Å². The first-order valence-electron chi connectivity index (χ1n) is 2.49. The van der Waals surface area contributed by atoms with Gasteiger partial charge in [-0.3, -0.25) is 0 Å². The molecule has 1 N–H and O–H groups in total. The van der Waals surface area contributed by atoms with Crippen LogP contribution in [0.2, 0.25) is 0 Å². The first kappa shape index (κ1) is 8.31. The van der Waals surface area contributed by atoms with Crippen LogP contribution in [-0.4, -0.2) is 16.0 Å². The van der Waals surface area contributed by atoms with Gasteiger partial charge < -0.3 is 5.21 Å². The average Bonchev–Trinajstić information content (AvgIpc) is 1.89. The summed E-state index contributed by atoms with van der Waals surface area (Å²) in [7, 11) is 0. The van der Waals surface area contributed by atoms with Gasteiger partial charge in [0.25, 0.3) is 0 Å². The summed E-state index contributed by atoms with van der Waals surface area (Å²) in [5.74, 6) is 0.701. The molecule has 0 bridgehead atoms. The Morgan fingerprint density at radius 2 is 2.56 bits per heavy atom. The van der Waals surface area contributed by atoms with E-state index in [-0.39, 0.29) is 0 Å². The Bertz CT molecular complexity index is 138. The Morgan fingerprint density at radius 3 is 3.00 bits per heavy atom. The second-order valence-electron chi connectivity index (χ2n) is 1.38. The van der Waals surface area contributed by atoms with Crippen LogP contribution in [0.5, 0.6) is 0 Å². The second kappa shape index (κ2) is 5.45. The zero-order valence-corrected chi connectivity index (χ0v) is 5.98. The average molecular weight is 144 g/mol. The monoisotopic (exact) mass is 144 g/mol. The molecule has 0 aromatic carbocycles. The molecule has 0 aromatic rings. The van der Waals surface area contributed by atoms with Gasteiger partial charge in [0.05, 0.1) is 6.07 Å². The van der Waals surface area contributed by atoms with Gasteiger partial charge in [0.1, 0.15) is 5.04 Å². The SMILES string of the molecule is CC(=NO)SCCC#N. The molecule has 0 spiro atoms. The zero-order chi connectivity index (χ0) is 7.11. The van der Waals surface area contributed by atoms with Crippen LogP contribution in [0.3, 0.4) is 0 Å². The zero-order valence-electron chi connectivity index (χ0n) is 5.16. The molecule has 50 valence electrons. The molecule has 0 aromatic heterocycles. The second-order valence-corrected chi connectivity index (χ2v) is 2.66. The van der Waals surface area contributed by atoms with Crippen molar-refractivity contribution in [3.05, 3.63) is 0 Å². The van der Waals surface area contributed by atoms with Crippen molar-refractivity contribution in [1.29, 1.82) is 5.26 Å². The number of thioether (sulfide) groups is 1. The summed E-state index contributed by atoms with van der Waals surface area (Å²) in [6.07, 6.45) is 0.498. The Labute approximate surface area is 58.4 Å². The van der Waals surface area contributed by atoms with Crippen molar-refractivity contribution in [2.45, 2.75) is 13.3 Å². The highest BCUT2D eigenvalue weighted by molar-refractivity contribution is 8.13. The third-order valence-corrected chi connectivity index (χ3v) is 1.57. The van der Waals surface area contributed by atoms with Crippen LogP contribution in [0.25, 0.3) is 0 Å². The lowest BCUT2D eigenvalue weighted by Gasteiger charge is -1.90. The third-order valence-electron chi connectivity index (χ3n) is 0.666. The van der Waals surface area contributed by atoms with E-state index in [2.05, 4.69) is 5.16 Å². The van der Waals surface area contributed by atoms with Crippen molar-refractivity contribution in [1.82, 2.24) is 0 Å². The number of hydrogen-bond donors (Lipinski definition) is 1. The molecule has 0 aliphatic heterocycles. The molecule has 0 saturated heterocycles. The molecule has 0 fully saturated rings. The molecular formula is C5H8N2OS. The molecular weight excluding hydrogens is 136 g/mol. The lowest BCUT2D eigenvalue weighted by molar-refractivity contribution is 0.320. The summed E-state index contributed by atoms with van der Waals surface area (Å²) in [5, 5.41) is 19.7. The maximum atomic E-state index is 8.12. The highest BCUT2D eigenvalue weighted by Gasteiger charge is 1.90. The molecule has 0 rings (SSSR count). The number of rotatable bonds is 2. The van der Waals surface area contributed by atoms with Gasteiger partial charge in [0, 0.05) is 12.2 Å². The van der Waals surface area contributed by atoms with Gasteiger partial charge in [-0.25, -0.2) is 0 Å². The van der Waals surface area contributed by atoms with Crippen LogP contribution in [0.4, 0.5) is 0 Å². The Morgan fingerprint density at radius 1 is 1.89 bits per heavy atom. The van der Waals surface area contributed by atoms with Crippen molar-refractivity contribution in [2.75, 3.05) is 5.75 Å². The maximum absolute atomic E-state index is 8.12. The molecule has 3 nitrogen and oxygen atoms in total. The fourth-order valence-electron chi connectivity index (χ4n) is 0.273. The van der Waals surface area contributed by atoms with E-state index in [4.69, 9.17) is 10.5 Å². The van der Waals surface area contributed by atoms with E-state index in [1.807, 2.05) is 6.07 Å². The summed E-state index contributed by atoms with van der Waals surface area (Å²) < 4.78 is 0. The number of nitriles is 1. The minimum atomic E-state index is 0.498. The van der Waals surface area contributed by atoms with Crippen LogP contribution in [0.15, 0.2) is 5.16 Å². The van der Waals surface area contributed by atoms with Gasteiger partial charge in [-0.05, 0) is 6.92 Å². The van der Waals surface area contributed by atoms with E-state index < -0.39 is 0 Å². The molecule has 9 heavy (non-hydrogen) atoms. The third kappa shape index (κ3) is 5.18. The van der Waals surface area contributed by atoms with Crippen LogP contribution >= 0.6 is 11.8 Å². The van der Waals surface area contributed by atoms with Gasteiger partial charge in [0.15, 0.2) is 0 Å². The van der Waals surface area contributed by atoms with E-state index in [1.165, 1.54) is 11.8 Å². The first-order valence-corrected chi connectivity index (χ1v) is 3.48. The Hall–Kier alpha value is -0.690. The van der Waals surface area contributed by atoms with E-state index >= 15 is 0 Å². The summed E-state index contributed by atoms with van der Waals surface area (Å²) in [5.41, 5.74) is 0. The predicted molar refractivity (Wildman–Crippen MR) is 37.6 cm³/mol. The molecule has 0 amide bonds. The van der Waals surface area contributed by atoms with Gasteiger partial charge in [-0.1, -0.05) is 5.16 Å². The van der Waals surface area contributed by atoms with Crippen molar-refractivity contribution in [3.8, 4) is 6.07 Å². The van der Waals surface area contributed by atoms with Crippen molar-refractivity contribution < 1.29 is 5.21 Å². The molecule has 0 radical (unpaired) electrons. The minimum absolute atomic E-state index is 0.498. The summed E-state index contributed by atoms with van der Waals surface area (Å²) in [4.78, 5) is 0. The van der Waals surface area contributed by atoms with E-state index in [0.29, 0.717) is 17.2 Å². The lowest BCUT2D eigenvalue weighted by Crippen LogP contribution is -1.85. The normalized spacial score (nSPS) is 10.9. The molecule has 0 saturated carbocycles. The standard InChI is InChI=1S/C5H8N2OS/c1-5(7-8)9-4-2-3-6/h8H,2,4H2,1H3. The molecule has 0 aliphatic carbocycles. The fraction of sp³-hybridized carbons (Fsp3) is 0.600. The van der Waals surface area contributed by atoms with Gasteiger partial charge >= 0.3 is 0 Å². The van der Waals surface area contributed by atoms with Crippen LogP contribution in [0.1, 0.15) is 13.3 Å². The number of hydrogen-bond acceptors (Lipinski definition) is 4. The van der Waals surface area contributed by atoms with Crippen LogP contribution < -0.4 is 0 Å². The van der Waals surface area contributed by atoms with Crippen molar-refractivity contribution in [2.24, 2.45) is 5.16 Å². The van der Waals surface area contributed by atoms with Crippen LogP contribution in [0, 0.1) is 11.3 Å². The van der Waals surface area contributed by atoms with Crippen molar-refractivity contribution >= 4 is 16.8 Å². The first-order chi connectivity index (χ1) is 4.31. The fourth-order valence-corrected chi connectivity index (χ4v) is 0.820. The highest BCUT2D eigenvalue weighted by atomic mass is 32.2. The Kier molecular flexibility index (Phi) is 5.03. The topological polar surface area (TPSA) is 56.4 Å². The highest BCUT2D eigenvalue weighted by Crippen LogP contribution is 2.03. The van der Waals surface area contributed by atoms with E-state index in [9.17, 15) is 0 Å². The van der Waals surface area contributed by atoms with Crippen LogP contribution in [-0.2, 0) is 0 Å². The Balaban J connectivity index is 3.20. The number of oxime groups is 1. The minimum Gasteiger partial charge on any atom is -0.410 e. The molecule has 0 aliphatic rings. The summed E-state index contributed by atoms with van der Waals surface area (Å²) >= 11 is 1.38. The quantitative estimate of drug-likeness (QED) is 0.210. The summed E-state index contributed by atoms with van der Waals surface area (Å²) in [6.45, 7) is 1.70. The van der Waals surface area contributed by atoms with Gasteiger partial charge in [-0.2, -0.15) is 5.26 Å². The summed E-state index contributed by atoms with van der Waals surface area (Å²) in [6, 6.07) is 1.99. The molecule has 4 heteroatoms. The largest absolute Gasteiger partial charge is 0.410 e. The van der Waals surface area contributed by atoms with E-state index in [1.54, 1.807) is 6.92 Å². The lowest BCUT2D eigenvalue weighted by atomic mass is 10.6.